The lowest BCUT2D eigenvalue weighted by atomic mass is 10.1. The molecule has 1 saturated heterocycles. The molecule has 2 aromatic rings. The van der Waals surface area contributed by atoms with Crippen LogP contribution >= 0.6 is 11.8 Å². The fourth-order valence-corrected chi connectivity index (χ4v) is 4.59. The Bertz CT molecular complexity index is 989. The van der Waals surface area contributed by atoms with Gasteiger partial charge in [0.15, 0.2) is 5.17 Å². The third-order valence-electron chi connectivity index (χ3n) is 5.38. The number of nitrogens with zero attached hydrogens (tertiary/aromatic N) is 3. The van der Waals surface area contributed by atoms with Gasteiger partial charge in [0.2, 0.25) is 0 Å². The number of benzene rings is 1. The summed E-state index contributed by atoms with van der Waals surface area (Å²) in [5, 5.41) is 5.43. The van der Waals surface area contributed by atoms with Crippen LogP contribution in [0.4, 0.5) is 0 Å². The molecule has 0 unspecified atom stereocenters. The van der Waals surface area contributed by atoms with Crippen molar-refractivity contribution in [1.29, 1.82) is 0 Å². The highest BCUT2D eigenvalue weighted by Crippen LogP contribution is 2.24. The van der Waals surface area contributed by atoms with E-state index in [1.807, 2.05) is 12.1 Å². The summed E-state index contributed by atoms with van der Waals surface area (Å²) in [4.78, 5) is 16.3. The molecule has 4 rings (SSSR count). The van der Waals surface area contributed by atoms with Gasteiger partial charge in [-0.1, -0.05) is 11.8 Å². The Morgan fingerprint density at radius 1 is 1.37 bits per heavy atom. The summed E-state index contributed by atoms with van der Waals surface area (Å²) in [7, 11) is 1.39. The molecular formula is C22H26N4O3S. The number of hydrogen-bond donors (Lipinski definition) is 1. The highest BCUT2D eigenvalue weighted by molar-refractivity contribution is 8.14. The molecule has 1 fully saturated rings. The fourth-order valence-electron chi connectivity index (χ4n) is 3.83. The number of methoxy groups -OCH3 is 1. The van der Waals surface area contributed by atoms with Gasteiger partial charge in [-0.2, -0.15) is 5.10 Å². The second-order valence-electron chi connectivity index (χ2n) is 7.40. The van der Waals surface area contributed by atoms with E-state index in [9.17, 15) is 4.79 Å². The Kier molecular flexibility index (Phi) is 6.24. The lowest BCUT2D eigenvalue weighted by molar-refractivity contribution is 0.0600. The zero-order chi connectivity index (χ0) is 21.1. The first-order valence-corrected chi connectivity index (χ1v) is 11.0. The van der Waals surface area contributed by atoms with Gasteiger partial charge in [0.25, 0.3) is 0 Å². The summed E-state index contributed by atoms with van der Waals surface area (Å²) in [5.74, 6) is 0.433. The molecule has 30 heavy (non-hydrogen) atoms. The molecule has 0 amide bonds. The summed E-state index contributed by atoms with van der Waals surface area (Å²) in [5.41, 5.74) is 8.97. The molecule has 0 saturated carbocycles. The molecule has 1 aromatic heterocycles. The predicted octanol–water partition coefficient (Wildman–Crippen LogP) is 3.46. The summed E-state index contributed by atoms with van der Waals surface area (Å²) in [6.07, 6.45) is 2.46. The Labute approximate surface area is 180 Å². The lowest BCUT2D eigenvalue weighted by Gasteiger charge is -2.16. The van der Waals surface area contributed by atoms with Crippen molar-refractivity contribution < 1.29 is 14.3 Å². The molecular weight excluding hydrogens is 400 g/mol. The van der Waals surface area contributed by atoms with Gasteiger partial charge in [0.05, 0.1) is 31.0 Å². The normalized spacial score (nSPS) is 20.2. The monoisotopic (exact) mass is 426 g/mol. The minimum atomic E-state index is -0.334. The van der Waals surface area contributed by atoms with Gasteiger partial charge in [-0.25, -0.2) is 4.79 Å². The molecule has 2 aliphatic heterocycles. The Morgan fingerprint density at radius 3 is 2.80 bits per heavy atom. The second kappa shape index (κ2) is 9.06. The van der Waals surface area contributed by atoms with Crippen molar-refractivity contribution in [1.82, 2.24) is 9.99 Å². The van der Waals surface area contributed by atoms with Crippen molar-refractivity contribution >= 4 is 28.6 Å². The standard InChI is InChI=1S/C22H26N4O3S/c1-14-11-19(15(2)26(14)17-8-6-16(7-9-17)21(27)28-3)20-13-30-22(25-24-20)23-12-18-5-4-10-29-18/h6-9,11,18H,4-5,10,12-13H2,1-3H3,(H,23,25)/t18-/m1/s1. The van der Waals surface area contributed by atoms with Crippen molar-refractivity contribution in [3.63, 3.8) is 0 Å². The summed E-state index contributed by atoms with van der Waals surface area (Å²) < 4.78 is 12.6. The van der Waals surface area contributed by atoms with Gasteiger partial charge in [0.1, 0.15) is 0 Å². The smallest absolute Gasteiger partial charge is 0.337 e. The highest BCUT2D eigenvalue weighted by Gasteiger charge is 2.20. The molecule has 1 aromatic carbocycles. The first kappa shape index (κ1) is 20.7. The average molecular weight is 427 g/mol. The van der Waals surface area contributed by atoms with Gasteiger partial charge in [-0.05, 0) is 57.0 Å². The number of thioether (sulfide) groups is 1. The molecule has 1 N–H and O–H groups in total. The number of aromatic nitrogens is 1. The molecule has 0 aliphatic carbocycles. The third-order valence-corrected chi connectivity index (χ3v) is 6.29. The maximum absolute atomic E-state index is 11.7. The summed E-state index contributed by atoms with van der Waals surface area (Å²) in [6.45, 7) is 5.70. The quantitative estimate of drug-likeness (QED) is 0.741. The average Bonchev–Trinajstić information content (AvgIpc) is 3.40. The number of carbonyl (C=O) groups excluding carboxylic acids is 1. The first-order chi connectivity index (χ1) is 14.6. The van der Waals surface area contributed by atoms with E-state index in [0.717, 1.165) is 58.7 Å². The minimum absolute atomic E-state index is 0.245. The van der Waals surface area contributed by atoms with Gasteiger partial charge in [0, 0.05) is 35.0 Å². The van der Waals surface area contributed by atoms with Gasteiger partial charge in [-0.3, -0.25) is 10.4 Å². The molecule has 3 heterocycles. The molecule has 0 spiro atoms. The Hall–Kier alpha value is -2.58. The third kappa shape index (κ3) is 4.29. The largest absolute Gasteiger partial charge is 0.465 e. The van der Waals surface area contributed by atoms with E-state index in [1.54, 1.807) is 23.9 Å². The zero-order valence-corrected chi connectivity index (χ0v) is 18.3. The van der Waals surface area contributed by atoms with Gasteiger partial charge in [-0.15, -0.1) is 0 Å². The van der Waals surface area contributed by atoms with Crippen molar-refractivity contribution in [3.8, 4) is 5.69 Å². The molecule has 158 valence electrons. The van der Waals surface area contributed by atoms with Crippen LogP contribution < -0.4 is 5.43 Å². The van der Waals surface area contributed by atoms with Crippen LogP contribution in [-0.4, -0.2) is 53.5 Å². The number of aliphatic imine (C=N–C) groups is 1. The number of hydrogen-bond acceptors (Lipinski definition) is 6. The van der Waals surface area contributed by atoms with Gasteiger partial charge >= 0.3 is 5.97 Å². The van der Waals surface area contributed by atoms with Crippen LogP contribution in [0.15, 0.2) is 40.4 Å². The van der Waals surface area contributed by atoms with Crippen LogP contribution in [0.25, 0.3) is 5.69 Å². The van der Waals surface area contributed by atoms with E-state index in [-0.39, 0.29) is 12.1 Å². The molecule has 7 nitrogen and oxygen atoms in total. The van der Waals surface area contributed by atoms with Crippen molar-refractivity contribution in [2.75, 3.05) is 26.0 Å². The molecule has 2 aliphatic rings. The number of aryl methyl sites for hydroxylation is 1. The minimum Gasteiger partial charge on any atom is -0.465 e. The maximum atomic E-state index is 11.7. The van der Waals surface area contributed by atoms with E-state index in [2.05, 4.69) is 40.0 Å². The summed E-state index contributed by atoms with van der Waals surface area (Å²) in [6, 6.07) is 9.58. The lowest BCUT2D eigenvalue weighted by Crippen LogP contribution is -2.26. The molecule has 0 radical (unpaired) electrons. The number of carbonyl (C=O) groups is 1. The Balaban J connectivity index is 1.51. The van der Waals surface area contributed by atoms with E-state index < -0.39 is 0 Å². The van der Waals surface area contributed by atoms with Crippen LogP contribution in [0, 0.1) is 13.8 Å². The topological polar surface area (TPSA) is 77.2 Å². The zero-order valence-electron chi connectivity index (χ0n) is 17.5. The van der Waals surface area contributed by atoms with E-state index in [4.69, 9.17) is 9.47 Å². The van der Waals surface area contributed by atoms with E-state index >= 15 is 0 Å². The number of amidine groups is 1. The molecule has 8 heteroatoms. The van der Waals surface area contributed by atoms with E-state index in [1.165, 1.54) is 7.11 Å². The predicted molar refractivity (Wildman–Crippen MR) is 120 cm³/mol. The maximum Gasteiger partial charge on any atom is 0.337 e. The van der Waals surface area contributed by atoms with Crippen LogP contribution in [0.2, 0.25) is 0 Å². The number of rotatable bonds is 5. The first-order valence-electron chi connectivity index (χ1n) is 10.1. The van der Waals surface area contributed by atoms with Gasteiger partial charge < -0.3 is 14.0 Å². The second-order valence-corrected chi connectivity index (χ2v) is 8.36. The van der Waals surface area contributed by atoms with Crippen LogP contribution in [0.3, 0.4) is 0 Å². The van der Waals surface area contributed by atoms with Crippen molar-refractivity contribution in [3.05, 3.63) is 52.8 Å². The van der Waals surface area contributed by atoms with Crippen molar-refractivity contribution in [2.24, 2.45) is 10.1 Å². The Morgan fingerprint density at radius 2 is 2.17 bits per heavy atom. The van der Waals surface area contributed by atoms with Crippen molar-refractivity contribution in [2.45, 2.75) is 32.8 Å². The van der Waals surface area contributed by atoms with E-state index in [0.29, 0.717) is 12.1 Å². The van der Waals surface area contributed by atoms with Crippen LogP contribution in [0.5, 0.6) is 0 Å². The number of ether oxygens (including phenoxy) is 2. The molecule has 1 atom stereocenters. The van der Waals surface area contributed by atoms with Crippen LogP contribution in [-0.2, 0) is 9.47 Å². The fraction of sp³-hybridized carbons (Fsp3) is 0.409. The molecule has 0 bridgehead atoms. The highest BCUT2D eigenvalue weighted by atomic mass is 32.2. The summed E-state index contributed by atoms with van der Waals surface area (Å²) >= 11 is 1.67. The van der Waals surface area contributed by atoms with Crippen LogP contribution in [0.1, 0.15) is 40.2 Å². The number of nitrogens with one attached hydrogen (secondary N) is 1. The SMILES string of the molecule is COC(=O)c1ccc(-n2c(C)cc(C3=NNC(=NC[C@H]4CCCO4)SC3)c2C)cc1. The number of esters is 1. The number of hydrazone groups is 1.